The molecule has 2 amide bonds. The molecule has 0 aromatic heterocycles. The average molecular weight is 815 g/mol. The Labute approximate surface area is 307 Å². The van der Waals surface area contributed by atoms with Crippen LogP contribution in [0.5, 0.6) is 11.5 Å². The fourth-order valence-electron chi connectivity index (χ4n) is 5.60. The van der Waals surface area contributed by atoms with Gasteiger partial charge < -0.3 is 20.8 Å². The van der Waals surface area contributed by atoms with E-state index in [4.69, 9.17) is 0 Å². The van der Waals surface area contributed by atoms with Gasteiger partial charge in [-0.05, 0) is 47.2 Å². The molecule has 0 bridgehead atoms. The van der Waals surface area contributed by atoms with Crippen LogP contribution in [0, 0.1) is 0 Å². The Balaban J connectivity index is 1.31. The first-order valence-corrected chi connectivity index (χ1v) is 20.9. The van der Waals surface area contributed by atoms with Gasteiger partial charge in [0.05, 0.1) is 11.4 Å². The van der Waals surface area contributed by atoms with Crippen LogP contribution in [0.1, 0.15) is 0 Å². The second kappa shape index (κ2) is 13.8. The molecule has 6 aromatic rings. The highest BCUT2D eigenvalue weighted by atomic mass is 32.2. The predicted molar refractivity (Wildman–Crippen MR) is 198 cm³/mol. The van der Waals surface area contributed by atoms with Crippen LogP contribution in [0.3, 0.4) is 0 Å². The van der Waals surface area contributed by atoms with Gasteiger partial charge in [0.15, 0.2) is 0 Å². The molecule has 0 saturated heterocycles. The highest BCUT2D eigenvalue weighted by molar-refractivity contribution is 7.93. The summed E-state index contributed by atoms with van der Waals surface area (Å²) >= 11 is 0. The average Bonchev–Trinajstić information content (AvgIpc) is 3.08. The Kier molecular flexibility index (Phi) is 9.64. The topological polar surface area (TPSA) is 283 Å². The third kappa shape index (κ3) is 7.44. The fourth-order valence-corrected chi connectivity index (χ4v) is 9.98. The molecule has 17 nitrogen and oxygen atoms in total. The molecule has 280 valence electrons. The maximum absolute atomic E-state index is 13.7. The zero-order valence-corrected chi connectivity index (χ0v) is 30.3. The van der Waals surface area contributed by atoms with Crippen molar-refractivity contribution in [1.82, 2.24) is 0 Å². The lowest BCUT2D eigenvalue weighted by Gasteiger charge is -2.18. The zero-order chi connectivity index (χ0) is 39.2. The van der Waals surface area contributed by atoms with Crippen LogP contribution in [0.15, 0.2) is 129 Å². The van der Waals surface area contributed by atoms with Gasteiger partial charge in [-0.2, -0.15) is 16.8 Å². The maximum atomic E-state index is 13.7. The zero-order valence-electron chi connectivity index (χ0n) is 27.0. The molecule has 0 aliphatic carbocycles. The number of hydrogen-bond acceptors (Lipinski definition) is 11. The Morgan fingerprint density at radius 3 is 1.19 bits per heavy atom. The second-order valence-electron chi connectivity index (χ2n) is 11.4. The molecule has 0 aliphatic rings. The van der Waals surface area contributed by atoms with Crippen LogP contribution in [0.2, 0.25) is 0 Å². The molecule has 6 rings (SSSR count). The number of fused-ring (bicyclic) bond motifs is 2. The number of para-hydroxylation sites is 2. The van der Waals surface area contributed by atoms with Gasteiger partial charge in [0.25, 0.3) is 40.3 Å². The van der Waals surface area contributed by atoms with E-state index in [0.29, 0.717) is 0 Å². The number of carbonyl (C=O) groups is 1. The van der Waals surface area contributed by atoms with Gasteiger partial charge in [-0.15, -0.1) is 0 Å². The summed E-state index contributed by atoms with van der Waals surface area (Å²) < 4.78 is 128. The third-order valence-electron chi connectivity index (χ3n) is 7.80. The number of rotatable bonds is 10. The molecule has 0 spiro atoms. The summed E-state index contributed by atoms with van der Waals surface area (Å²) in [6, 6.07) is 21.7. The molecule has 0 saturated carbocycles. The normalized spacial score (nSPS) is 12.3. The fraction of sp³-hybridized carbons (Fsp3) is 0. The number of anilines is 4. The minimum Gasteiger partial charge on any atom is -0.506 e. The van der Waals surface area contributed by atoms with E-state index in [0.717, 1.165) is 36.4 Å². The molecule has 0 fully saturated rings. The van der Waals surface area contributed by atoms with Crippen LogP contribution in [0.25, 0.3) is 21.5 Å². The van der Waals surface area contributed by atoms with Gasteiger partial charge in [0.1, 0.15) is 42.5 Å². The minimum atomic E-state index is -5.14. The van der Waals surface area contributed by atoms with Crippen molar-refractivity contribution in [3.05, 3.63) is 109 Å². The van der Waals surface area contributed by atoms with Crippen molar-refractivity contribution in [2.45, 2.75) is 19.6 Å². The van der Waals surface area contributed by atoms with Gasteiger partial charge >= 0.3 is 6.03 Å². The van der Waals surface area contributed by atoms with Crippen LogP contribution in [-0.4, -0.2) is 59.0 Å². The Morgan fingerprint density at radius 2 is 0.815 bits per heavy atom. The molecule has 6 aromatic carbocycles. The number of benzene rings is 6. The number of nitrogens with one attached hydrogen (secondary N) is 4. The lowest BCUT2D eigenvalue weighted by molar-refractivity contribution is 0.262. The van der Waals surface area contributed by atoms with Crippen LogP contribution >= 0.6 is 0 Å². The van der Waals surface area contributed by atoms with Crippen LogP contribution in [0.4, 0.5) is 27.5 Å². The summed E-state index contributed by atoms with van der Waals surface area (Å²) in [5.41, 5.74) is -2.57. The van der Waals surface area contributed by atoms with Gasteiger partial charge in [0, 0.05) is 10.8 Å². The van der Waals surface area contributed by atoms with E-state index in [2.05, 4.69) is 10.6 Å². The largest absolute Gasteiger partial charge is 0.506 e. The van der Waals surface area contributed by atoms with E-state index in [9.17, 15) is 57.8 Å². The molecule has 8 N–H and O–H groups in total. The maximum Gasteiger partial charge on any atom is 0.323 e. The summed E-state index contributed by atoms with van der Waals surface area (Å²) in [5, 5.41) is 25.9. The van der Waals surface area contributed by atoms with E-state index in [1.165, 1.54) is 72.8 Å². The van der Waals surface area contributed by atoms with E-state index in [1.54, 1.807) is 0 Å². The second-order valence-corrected chi connectivity index (χ2v) is 17.4. The Morgan fingerprint density at radius 1 is 0.481 bits per heavy atom. The first-order valence-electron chi connectivity index (χ1n) is 15.0. The SMILES string of the molecule is O=C(Nc1ccccc1S(=O)(=O)Nc1c(O)cc2ccccc2c1S(=O)(=O)O)Nc1ccccc1S(=O)(=O)Nc1c(O)cc2ccccc2c1S(=O)(=O)O. The summed E-state index contributed by atoms with van der Waals surface area (Å²) in [5.74, 6) is -1.69. The number of urea groups is 1. The Bertz CT molecular complexity index is 2770. The summed E-state index contributed by atoms with van der Waals surface area (Å²) in [6.45, 7) is 0. The van der Waals surface area contributed by atoms with Crippen molar-refractivity contribution in [1.29, 1.82) is 0 Å². The molecule has 0 heterocycles. The number of phenolic OH excluding ortho intramolecular Hbond substituents is 2. The lowest BCUT2D eigenvalue weighted by Crippen LogP contribution is -2.24. The van der Waals surface area contributed by atoms with E-state index in [-0.39, 0.29) is 21.5 Å². The molecule has 0 aliphatic heterocycles. The minimum absolute atomic E-state index is 0.116. The van der Waals surface area contributed by atoms with Gasteiger partial charge in [0.2, 0.25) is 0 Å². The quantitative estimate of drug-likeness (QED) is 0.0657. The highest BCUT2D eigenvalue weighted by Gasteiger charge is 2.30. The van der Waals surface area contributed by atoms with Crippen molar-refractivity contribution >= 4 is 90.6 Å². The number of aromatic hydroxyl groups is 2. The van der Waals surface area contributed by atoms with Gasteiger partial charge in [-0.25, -0.2) is 21.6 Å². The first kappa shape index (κ1) is 37.8. The number of amides is 2. The highest BCUT2D eigenvalue weighted by Crippen LogP contribution is 2.41. The van der Waals surface area contributed by atoms with Gasteiger partial charge in [-0.3, -0.25) is 18.5 Å². The van der Waals surface area contributed by atoms with Gasteiger partial charge in [-0.1, -0.05) is 72.8 Å². The van der Waals surface area contributed by atoms with Crippen LogP contribution < -0.4 is 20.1 Å². The molecule has 0 unspecified atom stereocenters. The standard InChI is InChI=1S/C33H26N4O13S4/c38-25-17-19-9-1-3-11-21(19)31(53(45,46)47)29(25)36-51(41,42)27-15-7-5-13-23(27)34-33(40)35-24-14-6-8-16-28(24)52(43,44)37-30-26(39)18-20-10-2-4-12-22(20)32(30)54(48,49)50/h1-18,36-39H,(H2,34,35,40)(H,45,46,47)(H,48,49,50). The molecule has 0 radical (unpaired) electrons. The number of sulfonamides is 2. The molecular weight excluding hydrogens is 789 g/mol. The van der Waals surface area contributed by atoms with Crippen molar-refractivity contribution in [2.75, 3.05) is 20.1 Å². The molecule has 0 atom stereocenters. The smallest absolute Gasteiger partial charge is 0.323 e. The van der Waals surface area contributed by atoms with Crippen molar-refractivity contribution in [3.63, 3.8) is 0 Å². The summed E-state index contributed by atoms with van der Waals surface area (Å²) in [6.07, 6.45) is 0. The van der Waals surface area contributed by atoms with Crippen molar-refractivity contribution in [3.8, 4) is 11.5 Å². The van der Waals surface area contributed by atoms with Crippen LogP contribution in [-0.2, 0) is 40.3 Å². The monoisotopic (exact) mass is 814 g/mol. The number of phenols is 2. The van der Waals surface area contributed by atoms with E-state index >= 15 is 0 Å². The number of hydrogen-bond donors (Lipinski definition) is 8. The summed E-state index contributed by atoms with van der Waals surface area (Å²) in [7, 11) is -20.0. The first-order chi connectivity index (χ1) is 25.3. The third-order valence-corrected chi connectivity index (χ3v) is 12.5. The van der Waals surface area contributed by atoms with Crippen molar-refractivity contribution < 1.29 is 57.8 Å². The molecule has 21 heteroatoms. The molecular formula is C33H26N4O13S4. The van der Waals surface area contributed by atoms with E-state index < -0.39 is 100 Å². The predicted octanol–water partition coefficient (Wildman–Crippen LogP) is 5.14. The molecule has 54 heavy (non-hydrogen) atoms. The van der Waals surface area contributed by atoms with Crippen molar-refractivity contribution in [2.24, 2.45) is 0 Å². The number of carbonyl (C=O) groups excluding carboxylic acids is 1. The lowest BCUT2D eigenvalue weighted by atomic mass is 10.1. The van der Waals surface area contributed by atoms with E-state index in [1.807, 2.05) is 9.44 Å². The summed E-state index contributed by atoms with van der Waals surface area (Å²) in [4.78, 5) is 10.1. The Hall–Kier alpha value is -5.97.